The van der Waals surface area contributed by atoms with Crippen molar-refractivity contribution >= 4 is 0 Å². The van der Waals surface area contributed by atoms with Gasteiger partial charge in [-0.2, -0.15) is 0 Å². The largest absolute Gasteiger partial charge is 0.329 e. The van der Waals surface area contributed by atoms with Gasteiger partial charge in [0.15, 0.2) is 0 Å². The van der Waals surface area contributed by atoms with Crippen LogP contribution in [0, 0.1) is 0 Å². The Bertz CT molecular complexity index is 126. The fourth-order valence-corrected chi connectivity index (χ4v) is 1.94. The predicted molar refractivity (Wildman–Crippen MR) is 69.1 cm³/mol. The van der Waals surface area contributed by atoms with Gasteiger partial charge in [0.25, 0.3) is 0 Å². The molecule has 0 aromatic heterocycles. The van der Waals surface area contributed by atoms with Gasteiger partial charge in [-0.05, 0) is 26.4 Å². The van der Waals surface area contributed by atoms with E-state index in [2.05, 4.69) is 25.8 Å². The van der Waals surface area contributed by atoms with Crippen LogP contribution in [0.3, 0.4) is 0 Å². The van der Waals surface area contributed by atoms with Gasteiger partial charge in [-0.3, -0.25) is 0 Å². The quantitative estimate of drug-likeness (QED) is 0.566. The van der Waals surface area contributed by atoms with Crippen LogP contribution in [-0.2, 0) is 0 Å². The number of unbranched alkanes of at least 4 members (excludes halogenated alkanes) is 4. The monoisotopic (exact) mass is 214 g/mol. The van der Waals surface area contributed by atoms with Gasteiger partial charge in [0.1, 0.15) is 0 Å². The molecule has 1 unspecified atom stereocenters. The molecule has 0 bridgehead atoms. The molecule has 0 aliphatic carbocycles. The fraction of sp³-hybridized carbons (Fsp3) is 1.00. The maximum Gasteiger partial charge on any atom is 0.0215 e. The van der Waals surface area contributed by atoms with Crippen molar-refractivity contribution in [3.63, 3.8) is 0 Å². The van der Waals surface area contributed by atoms with Gasteiger partial charge in [0.05, 0.1) is 0 Å². The molecule has 2 nitrogen and oxygen atoms in total. The molecule has 0 aromatic rings. The molecule has 0 rings (SSSR count). The average molecular weight is 214 g/mol. The van der Waals surface area contributed by atoms with Crippen molar-refractivity contribution in [1.29, 1.82) is 0 Å². The van der Waals surface area contributed by atoms with E-state index in [-0.39, 0.29) is 0 Å². The molecule has 2 N–H and O–H groups in total. The van der Waals surface area contributed by atoms with Crippen molar-refractivity contribution in [2.24, 2.45) is 5.73 Å². The second-order valence-corrected chi connectivity index (χ2v) is 4.57. The lowest BCUT2D eigenvalue weighted by Crippen LogP contribution is -2.38. The maximum atomic E-state index is 5.82. The first-order valence-corrected chi connectivity index (χ1v) is 6.66. The third-order valence-electron chi connectivity index (χ3n) is 3.15. The molecular formula is C13H30N2. The highest BCUT2D eigenvalue weighted by molar-refractivity contribution is 4.69. The van der Waals surface area contributed by atoms with E-state index in [9.17, 15) is 0 Å². The first-order valence-electron chi connectivity index (χ1n) is 6.66. The van der Waals surface area contributed by atoms with Crippen molar-refractivity contribution in [3.8, 4) is 0 Å². The normalized spacial score (nSPS) is 13.4. The highest BCUT2D eigenvalue weighted by Gasteiger charge is 2.11. The lowest BCUT2D eigenvalue weighted by Gasteiger charge is -2.26. The molecule has 0 aliphatic rings. The Morgan fingerprint density at radius 3 is 2.13 bits per heavy atom. The van der Waals surface area contributed by atoms with Crippen LogP contribution in [0.1, 0.15) is 58.8 Å². The van der Waals surface area contributed by atoms with Gasteiger partial charge in [0.2, 0.25) is 0 Å². The van der Waals surface area contributed by atoms with E-state index in [0.717, 1.165) is 6.54 Å². The Morgan fingerprint density at radius 1 is 1.00 bits per heavy atom. The lowest BCUT2D eigenvalue weighted by molar-refractivity contribution is 0.226. The Kier molecular flexibility index (Phi) is 10.4. The minimum absolute atomic E-state index is 0.605. The smallest absolute Gasteiger partial charge is 0.0215 e. The SMILES string of the molecule is CCCCCC(CN)N(C)CCCCC. The molecule has 92 valence electrons. The summed E-state index contributed by atoms with van der Waals surface area (Å²) in [6.07, 6.45) is 9.21. The van der Waals surface area contributed by atoms with E-state index in [4.69, 9.17) is 5.73 Å². The van der Waals surface area contributed by atoms with E-state index >= 15 is 0 Å². The summed E-state index contributed by atoms with van der Waals surface area (Å²) in [6, 6.07) is 0.605. The van der Waals surface area contributed by atoms with Crippen molar-refractivity contribution in [1.82, 2.24) is 4.90 Å². The Labute approximate surface area is 96.2 Å². The summed E-state index contributed by atoms with van der Waals surface area (Å²) in [7, 11) is 2.22. The molecule has 0 aromatic carbocycles. The van der Waals surface area contributed by atoms with Gasteiger partial charge in [-0.25, -0.2) is 0 Å². The molecule has 0 saturated carbocycles. The van der Waals surface area contributed by atoms with Crippen LogP contribution >= 0.6 is 0 Å². The van der Waals surface area contributed by atoms with Gasteiger partial charge in [0, 0.05) is 12.6 Å². The summed E-state index contributed by atoms with van der Waals surface area (Å²) in [6.45, 7) is 6.53. The summed E-state index contributed by atoms with van der Waals surface area (Å²) in [4.78, 5) is 2.45. The number of hydrogen-bond acceptors (Lipinski definition) is 2. The van der Waals surface area contributed by atoms with Crippen LogP contribution in [0.5, 0.6) is 0 Å². The standard InChI is InChI=1S/C13H30N2/c1-4-6-8-10-13(12-14)15(3)11-9-7-5-2/h13H,4-12,14H2,1-3H3. The van der Waals surface area contributed by atoms with Crippen molar-refractivity contribution in [3.05, 3.63) is 0 Å². The van der Waals surface area contributed by atoms with E-state index in [1.807, 2.05) is 0 Å². The number of nitrogens with zero attached hydrogens (tertiary/aromatic N) is 1. The van der Waals surface area contributed by atoms with Gasteiger partial charge < -0.3 is 10.6 Å². The second-order valence-electron chi connectivity index (χ2n) is 4.57. The van der Waals surface area contributed by atoms with Crippen LogP contribution in [-0.4, -0.2) is 31.1 Å². The van der Waals surface area contributed by atoms with Crippen molar-refractivity contribution in [2.75, 3.05) is 20.1 Å². The van der Waals surface area contributed by atoms with Crippen LogP contribution in [0.25, 0.3) is 0 Å². The summed E-state index contributed by atoms with van der Waals surface area (Å²) in [5, 5.41) is 0. The highest BCUT2D eigenvalue weighted by atomic mass is 15.1. The van der Waals surface area contributed by atoms with E-state index in [1.165, 1.54) is 51.5 Å². The van der Waals surface area contributed by atoms with Crippen LogP contribution in [0.4, 0.5) is 0 Å². The Morgan fingerprint density at radius 2 is 1.60 bits per heavy atom. The van der Waals surface area contributed by atoms with Gasteiger partial charge in [-0.1, -0.05) is 46.0 Å². The molecule has 0 fully saturated rings. The Balaban J connectivity index is 3.62. The Hall–Kier alpha value is -0.0800. The zero-order valence-corrected chi connectivity index (χ0v) is 11.0. The number of rotatable bonds is 10. The third-order valence-corrected chi connectivity index (χ3v) is 3.15. The minimum atomic E-state index is 0.605. The fourth-order valence-electron chi connectivity index (χ4n) is 1.94. The third kappa shape index (κ3) is 7.80. The lowest BCUT2D eigenvalue weighted by atomic mass is 10.1. The maximum absolute atomic E-state index is 5.82. The van der Waals surface area contributed by atoms with Crippen molar-refractivity contribution in [2.45, 2.75) is 64.8 Å². The first kappa shape index (κ1) is 14.9. The highest BCUT2D eigenvalue weighted by Crippen LogP contribution is 2.09. The molecule has 0 spiro atoms. The molecule has 2 heteroatoms. The minimum Gasteiger partial charge on any atom is -0.329 e. The molecular weight excluding hydrogens is 184 g/mol. The predicted octanol–water partition coefficient (Wildman–Crippen LogP) is 3.02. The van der Waals surface area contributed by atoms with Crippen molar-refractivity contribution < 1.29 is 0 Å². The number of likely N-dealkylation sites (N-methyl/N-ethyl adjacent to an activating group) is 1. The summed E-state index contributed by atoms with van der Waals surface area (Å²) in [5.74, 6) is 0. The van der Waals surface area contributed by atoms with Gasteiger partial charge >= 0.3 is 0 Å². The summed E-state index contributed by atoms with van der Waals surface area (Å²) in [5.41, 5.74) is 5.82. The number of nitrogens with two attached hydrogens (primary N) is 1. The summed E-state index contributed by atoms with van der Waals surface area (Å²) >= 11 is 0. The second kappa shape index (κ2) is 10.4. The zero-order chi connectivity index (χ0) is 11.5. The summed E-state index contributed by atoms with van der Waals surface area (Å²) < 4.78 is 0. The molecule has 0 radical (unpaired) electrons. The van der Waals surface area contributed by atoms with E-state index in [1.54, 1.807) is 0 Å². The van der Waals surface area contributed by atoms with E-state index in [0.29, 0.717) is 6.04 Å². The topological polar surface area (TPSA) is 29.3 Å². The van der Waals surface area contributed by atoms with Crippen LogP contribution in [0.2, 0.25) is 0 Å². The van der Waals surface area contributed by atoms with E-state index < -0.39 is 0 Å². The van der Waals surface area contributed by atoms with Crippen LogP contribution in [0.15, 0.2) is 0 Å². The average Bonchev–Trinajstić information content (AvgIpc) is 2.24. The number of hydrogen-bond donors (Lipinski definition) is 1. The zero-order valence-electron chi connectivity index (χ0n) is 11.0. The van der Waals surface area contributed by atoms with Gasteiger partial charge in [-0.15, -0.1) is 0 Å². The molecule has 0 aliphatic heterocycles. The molecule has 0 heterocycles. The molecule has 1 atom stereocenters. The molecule has 0 saturated heterocycles. The first-order chi connectivity index (χ1) is 7.26. The molecule has 0 amide bonds. The van der Waals surface area contributed by atoms with Crippen LogP contribution < -0.4 is 5.73 Å². The molecule has 15 heavy (non-hydrogen) atoms.